The number of piperazine rings is 1. The molecule has 66 heavy (non-hydrogen) atoms. The fourth-order valence-electron chi connectivity index (χ4n) is 10.7. The number of methoxy groups -OCH3 is 1. The number of para-hydroxylation sites is 2. The summed E-state index contributed by atoms with van der Waals surface area (Å²) in [5, 5.41) is 10.0. The fraction of sp³-hybridized carbons (Fsp3) is 0.333. The van der Waals surface area contributed by atoms with Crippen molar-refractivity contribution >= 4 is 29.6 Å². The van der Waals surface area contributed by atoms with Crippen LogP contribution in [0.2, 0.25) is 0 Å². The Morgan fingerprint density at radius 3 is 2.21 bits per heavy atom. The number of fused-ring (bicyclic) bond motifs is 4. The van der Waals surface area contributed by atoms with Crippen LogP contribution in [0.25, 0.3) is 0 Å². The van der Waals surface area contributed by atoms with E-state index in [1.807, 2.05) is 95.9 Å². The Labute approximate surface area is 381 Å². The van der Waals surface area contributed by atoms with E-state index >= 15 is 14.4 Å². The number of amides is 3. The number of ether oxygens (including phenoxy) is 6. The number of cyclic esters (lactones) is 1. The number of benzene rings is 5. The SMILES string of the molecule is COCCOC(=O)N1C(=O)[C@@]2(c3ccccc31)[C@H](c1ccccc1OCCO)N1[C@H](c3ccccc3)[C@H](c3ccccc3)OC(=O)[C@H]1[C@@H]2C(=O)N1CCN(Cc2ccc3c(c2)OCO3)CC1. The summed E-state index contributed by atoms with van der Waals surface area (Å²) < 4.78 is 34.9. The average molecular weight is 895 g/mol. The van der Waals surface area contributed by atoms with Crippen LogP contribution in [0.15, 0.2) is 127 Å². The topological polar surface area (TPSA) is 157 Å². The lowest BCUT2D eigenvalue weighted by molar-refractivity contribution is -0.179. The van der Waals surface area contributed by atoms with Gasteiger partial charge in [0, 0.05) is 45.4 Å². The van der Waals surface area contributed by atoms with E-state index in [0.29, 0.717) is 66.7 Å². The molecule has 5 heterocycles. The molecule has 0 unspecified atom stereocenters. The molecule has 0 bridgehead atoms. The molecule has 1 spiro atoms. The monoisotopic (exact) mass is 894 g/mol. The van der Waals surface area contributed by atoms with E-state index in [1.54, 1.807) is 41.3 Å². The molecule has 0 radical (unpaired) electrons. The summed E-state index contributed by atoms with van der Waals surface area (Å²) in [5.41, 5.74) is 1.68. The van der Waals surface area contributed by atoms with Gasteiger partial charge in [0.15, 0.2) is 11.5 Å². The second-order valence-electron chi connectivity index (χ2n) is 16.9. The molecular weight excluding hydrogens is 845 g/mol. The molecule has 5 aliphatic heterocycles. The summed E-state index contributed by atoms with van der Waals surface area (Å²) in [7, 11) is 1.48. The van der Waals surface area contributed by atoms with Crippen LogP contribution in [0.3, 0.4) is 0 Å². The minimum Gasteiger partial charge on any atom is -0.491 e. The number of hydrogen-bond donors (Lipinski definition) is 1. The molecule has 0 aromatic heterocycles. The normalized spacial score (nSPS) is 24.5. The Hall–Kier alpha value is -6.78. The average Bonchev–Trinajstić information content (AvgIpc) is 4.03. The van der Waals surface area contributed by atoms with Gasteiger partial charge in [0.2, 0.25) is 18.6 Å². The second-order valence-corrected chi connectivity index (χ2v) is 16.9. The van der Waals surface area contributed by atoms with Crippen LogP contribution in [0, 0.1) is 5.92 Å². The summed E-state index contributed by atoms with van der Waals surface area (Å²) in [6.07, 6.45) is -1.83. The van der Waals surface area contributed by atoms with E-state index in [1.165, 1.54) is 7.11 Å². The van der Waals surface area contributed by atoms with Crippen LogP contribution in [0.1, 0.15) is 46.0 Å². The van der Waals surface area contributed by atoms with Crippen molar-refractivity contribution in [3.05, 3.63) is 155 Å². The maximum atomic E-state index is 16.3. The lowest BCUT2D eigenvalue weighted by Gasteiger charge is -2.46. The van der Waals surface area contributed by atoms with Crippen molar-refractivity contribution < 1.29 is 52.7 Å². The Morgan fingerprint density at radius 2 is 1.45 bits per heavy atom. The lowest BCUT2D eigenvalue weighted by Crippen LogP contribution is -2.59. The molecule has 3 amide bonds. The molecule has 1 N–H and O–H groups in total. The largest absolute Gasteiger partial charge is 0.491 e. The zero-order valence-electron chi connectivity index (χ0n) is 36.4. The molecule has 15 heteroatoms. The molecular formula is C51H50N4O11. The number of aliphatic hydroxyl groups excluding tert-OH is 1. The molecule has 340 valence electrons. The van der Waals surface area contributed by atoms with Crippen molar-refractivity contribution in [1.29, 1.82) is 0 Å². The zero-order chi connectivity index (χ0) is 45.4. The number of nitrogens with zero attached hydrogens (tertiary/aromatic N) is 4. The second kappa shape index (κ2) is 18.2. The van der Waals surface area contributed by atoms with Crippen molar-refractivity contribution in [3.63, 3.8) is 0 Å². The number of rotatable bonds is 12. The van der Waals surface area contributed by atoms with Gasteiger partial charge in [-0.15, -0.1) is 0 Å². The quantitative estimate of drug-likeness (QED) is 0.123. The minimum atomic E-state index is -1.95. The predicted octanol–water partition coefficient (Wildman–Crippen LogP) is 5.58. The smallest absolute Gasteiger partial charge is 0.421 e. The summed E-state index contributed by atoms with van der Waals surface area (Å²) in [5.74, 6) is -1.52. The van der Waals surface area contributed by atoms with Gasteiger partial charge in [-0.05, 0) is 46.5 Å². The van der Waals surface area contributed by atoms with Gasteiger partial charge in [0.1, 0.15) is 36.5 Å². The molecule has 0 aliphatic carbocycles. The van der Waals surface area contributed by atoms with Gasteiger partial charge in [0.05, 0.1) is 36.9 Å². The molecule has 6 atom stereocenters. The number of anilines is 1. The van der Waals surface area contributed by atoms with E-state index in [9.17, 15) is 9.90 Å². The van der Waals surface area contributed by atoms with Crippen LogP contribution in [-0.2, 0) is 40.6 Å². The van der Waals surface area contributed by atoms with Gasteiger partial charge < -0.3 is 38.4 Å². The lowest BCUT2D eigenvalue weighted by atomic mass is 9.65. The molecule has 3 fully saturated rings. The van der Waals surface area contributed by atoms with Crippen LogP contribution >= 0.6 is 0 Å². The van der Waals surface area contributed by atoms with Crippen molar-refractivity contribution in [3.8, 4) is 17.2 Å². The van der Waals surface area contributed by atoms with Gasteiger partial charge >= 0.3 is 12.1 Å². The predicted molar refractivity (Wildman–Crippen MR) is 239 cm³/mol. The first-order valence-electron chi connectivity index (χ1n) is 22.2. The number of morpholine rings is 1. The Balaban J connectivity index is 1.16. The Kier molecular flexibility index (Phi) is 11.9. The molecule has 0 saturated carbocycles. The molecule has 5 aliphatic rings. The number of carbonyl (C=O) groups is 4. The molecule has 5 aromatic rings. The number of aliphatic hydroxyl groups is 1. The van der Waals surface area contributed by atoms with Crippen LogP contribution in [0.4, 0.5) is 10.5 Å². The minimum absolute atomic E-state index is 0.0711. The molecule has 3 saturated heterocycles. The third-order valence-electron chi connectivity index (χ3n) is 13.4. The van der Waals surface area contributed by atoms with E-state index < -0.39 is 59.4 Å². The highest BCUT2D eigenvalue weighted by atomic mass is 16.7. The van der Waals surface area contributed by atoms with Crippen molar-refractivity contribution in [2.24, 2.45) is 5.92 Å². The number of carbonyl (C=O) groups excluding carboxylic acids is 4. The first kappa shape index (κ1) is 43.1. The highest BCUT2D eigenvalue weighted by Gasteiger charge is 2.76. The van der Waals surface area contributed by atoms with E-state index in [4.69, 9.17) is 28.4 Å². The van der Waals surface area contributed by atoms with Crippen molar-refractivity contribution in [2.45, 2.75) is 36.2 Å². The first-order valence-corrected chi connectivity index (χ1v) is 22.2. The zero-order valence-corrected chi connectivity index (χ0v) is 36.4. The van der Waals surface area contributed by atoms with E-state index in [-0.39, 0.29) is 38.9 Å². The van der Waals surface area contributed by atoms with E-state index in [0.717, 1.165) is 16.0 Å². The van der Waals surface area contributed by atoms with Gasteiger partial charge in [0.25, 0.3) is 0 Å². The standard InChI is InChI=1S/C51H50N4O11/c1-61-28-29-63-50(60)54-38-18-10-9-17-37(38)51(49(54)59)42(47(57)53-24-22-52(23-25-53)31-33-20-21-40-41(30-33)65-32-64-40)44-48(58)66-45(35-14-6-3-7-15-35)43(34-12-4-2-5-13-34)55(44)46(51)36-16-8-11-19-39(36)62-27-26-56/h2-21,30,42-46,56H,22-29,31-32H2,1H3/t42-,43-,44-,45+,46+,51-/m1/s1. The van der Waals surface area contributed by atoms with Gasteiger partial charge in [-0.3, -0.25) is 24.2 Å². The third-order valence-corrected chi connectivity index (χ3v) is 13.4. The maximum absolute atomic E-state index is 16.3. The Morgan fingerprint density at radius 1 is 0.758 bits per heavy atom. The molecule has 15 nitrogen and oxygen atoms in total. The van der Waals surface area contributed by atoms with Crippen LogP contribution in [0.5, 0.6) is 17.2 Å². The molecule has 5 aromatic carbocycles. The number of hydrogen-bond acceptors (Lipinski definition) is 13. The number of imide groups is 1. The maximum Gasteiger partial charge on any atom is 0.421 e. The van der Waals surface area contributed by atoms with Gasteiger partial charge in [-0.2, -0.15) is 0 Å². The summed E-state index contributed by atoms with van der Waals surface area (Å²) >= 11 is 0. The van der Waals surface area contributed by atoms with Crippen molar-refractivity contribution in [1.82, 2.24) is 14.7 Å². The third kappa shape index (κ3) is 7.32. The first-order chi connectivity index (χ1) is 32.3. The fourth-order valence-corrected chi connectivity index (χ4v) is 10.7. The Bertz CT molecular complexity index is 2610. The summed E-state index contributed by atoms with van der Waals surface area (Å²) in [4.78, 5) is 69.1. The van der Waals surface area contributed by atoms with Gasteiger partial charge in [-0.25, -0.2) is 9.69 Å². The highest BCUT2D eigenvalue weighted by Crippen LogP contribution is 2.66. The van der Waals surface area contributed by atoms with Gasteiger partial charge in [-0.1, -0.05) is 103 Å². The van der Waals surface area contributed by atoms with Crippen LogP contribution in [-0.4, -0.2) is 116 Å². The summed E-state index contributed by atoms with van der Waals surface area (Å²) in [6.45, 7) is 1.97. The highest BCUT2D eigenvalue weighted by molar-refractivity contribution is 6.23. The summed E-state index contributed by atoms with van der Waals surface area (Å²) in [6, 6.07) is 35.8. The van der Waals surface area contributed by atoms with E-state index in [2.05, 4.69) is 4.90 Å². The molecule has 10 rings (SSSR count). The van der Waals surface area contributed by atoms with Crippen molar-refractivity contribution in [2.75, 3.05) is 71.4 Å². The number of esters is 1. The van der Waals surface area contributed by atoms with Crippen LogP contribution < -0.4 is 19.1 Å².